The van der Waals surface area contributed by atoms with Crippen LogP contribution in [0.3, 0.4) is 0 Å². The van der Waals surface area contributed by atoms with Crippen LogP contribution in [0.1, 0.15) is 61.8 Å². The number of hydrogen-bond donors (Lipinski definition) is 1. The van der Waals surface area contributed by atoms with Crippen LogP contribution in [0, 0.1) is 16.7 Å². The zero-order chi connectivity index (χ0) is 40.6. The molecule has 2 saturated heterocycles. The van der Waals surface area contributed by atoms with E-state index in [-0.39, 0.29) is 39.5 Å². The van der Waals surface area contributed by atoms with Crippen LogP contribution in [0.4, 0.5) is 13.2 Å². The van der Waals surface area contributed by atoms with Gasteiger partial charge in [0.15, 0.2) is 6.10 Å². The molecule has 3 aliphatic rings. The van der Waals surface area contributed by atoms with Crippen LogP contribution in [0.5, 0.6) is 11.5 Å². The summed E-state index contributed by atoms with van der Waals surface area (Å²) in [5.74, 6) is -0.120. The molecule has 0 bridgehead atoms. The molecule has 6 rings (SSSR count). The second kappa shape index (κ2) is 18.4. The molecular formula is C43H48ClF3N4O6. The van der Waals surface area contributed by atoms with Gasteiger partial charge in [-0.25, -0.2) is 0 Å². The van der Waals surface area contributed by atoms with E-state index in [0.29, 0.717) is 65.7 Å². The Labute approximate surface area is 336 Å². The molecule has 0 spiro atoms. The summed E-state index contributed by atoms with van der Waals surface area (Å²) in [6.07, 6.45) is 5.51. The number of nitrogens with zero attached hydrogens (tertiary/aromatic N) is 4. The number of aliphatic carboxylic acids is 1. The highest BCUT2D eigenvalue weighted by atomic mass is 35.5. The molecule has 1 N–H and O–H groups in total. The molecule has 3 heterocycles. The molecule has 2 fully saturated rings. The Hall–Kier alpha value is -4.45. The van der Waals surface area contributed by atoms with Gasteiger partial charge < -0.3 is 24.1 Å². The number of piperidine rings is 1. The summed E-state index contributed by atoms with van der Waals surface area (Å²) in [7, 11) is 0. The highest BCUT2D eigenvalue weighted by Gasteiger charge is 2.49. The fourth-order valence-corrected chi connectivity index (χ4v) is 8.00. The van der Waals surface area contributed by atoms with E-state index in [0.717, 1.165) is 24.0 Å². The maximum atomic E-state index is 13.4. The Morgan fingerprint density at radius 2 is 1.91 bits per heavy atom. The topological polar surface area (TPSA) is 117 Å². The Kier molecular flexibility index (Phi) is 13.6. The molecule has 2 aromatic carbocycles. The fourth-order valence-electron chi connectivity index (χ4n) is 7.76. The first-order chi connectivity index (χ1) is 27.3. The van der Waals surface area contributed by atoms with Gasteiger partial charge in [-0.15, -0.1) is 0 Å². The number of carboxylic acid groups (broad SMARTS) is 1. The lowest BCUT2D eigenvalue weighted by Gasteiger charge is -2.47. The molecule has 0 amide bonds. The van der Waals surface area contributed by atoms with Gasteiger partial charge in [-0.05, 0) is 55.2 Å². The normalized spacial score (nSPS) is 22.7. The lowest BCUT2D eigenvalue weighted by Crippen LogP contribution is -2.52. The molecule has 0 saturated carbocycles. The predicted octanol–water partition coefficient (Wildman–Crippen LogP) is 8.09. The van der Waals surface area contributed by atoms with E-state index in [9.17, 15) is 28.3 Å². The summed E-state index contributed by atoms with van der Waals surface area (Å²) in [5, 5.41) is 19.7. The number of alkyl halides is 3. The third-order valence-electron chi connectivity index (χ3n) is 11.1. The van der Waals surface area contributed by atoms with Crippen molar-refractivity contribution < 1.29 is 42.0 Å². The second-order valence-corrected chi connectivity index (χ2v) is 15.6. The van der Waals surface area contributed by atoms with Crippen LogP contribution in [0.2, 0.25) is 5.02 Å². The van der Waals surface area contributed by atoms with Crippen molar-refractivity contribution in [1.82, 2.24) is 14.8 Å². The summed E-state index contributed by atoms with van der Waals surface area (Å²) in [6.45, 7) is 5.98. The maximum absolute atomic E-state index is 13.4. The minimum atomic E-state index is -4.42. The lowest BCUT2D eigenvalue weighted by molar-refractivity contribution is -0.237. The molecule has 2 unspecified atom stereocenters. The largest absolute Gasteiger partial charge is 0.488 e. The molecule has 14 heteroatoms. The van der Waals surface area contributed by atoms with Gasteiger partial charge in [-0.2, -0.15) is 18.4 Å². The van der Waals surface area contributed by atoms with Crippen molar-refractivity contribution in [2.24, 2.45) is 5.41 Å². The number of likely N-dealkylation sites (tertiary alicyclic amines) is 1. The average molecular weight is 809 g/mol. The minimum Gasteiger partial charge on any atom is -0.488 e. The van der Waals surface area contributed by atoms with Crippen molar-refractivity contribution in [2.75, 3.05) is 46.0 Å². The number of morpholine rings is 1. The van der Waals surface area contributed by atoms with Crippen LogP contribution >= 0.6 is 11.6 Å². The van der Waals surface area contributed by atoms with Crippen LogP contribution in [0.15, 0.2) is 79.2 Å². The summed E-state index contributed by atoms with van der Waals surface area (Å²) >= 11 is 6.96. The summed E-state index contributed by atoms with van der Waals surface area (Å²) in [4.78, 5) is 20.0. The molecule has 1 aromatic heterocycles. The maximum Gasteiger partial charge on any atom is 0.415 e. The van der Waals surface area contributed by atoms with Crippen LogP contribution in [0.25, 0.3) is 5.57 Å². The highest BCUT2D eigenvalue weighted by Crippen LogP contribution is 2.49. The zero-order valence-corrected chi connectivity index (χ0v) is 32.9. The first-order valence-electron chi connectivity index (χ1n) is 19.2. The number of halogens is 4. The smallest absolute Gasteiger partial charge is 0.415 e. The number of pyridine rings is 1. The van der Waals surface area contributed by atoms with Crippen LogP contribution in [-0.2, 0) is 27.4 Å². The van der Waals surface area contributed by atoms with Gasteiger partial charge in [0.05, 0.1) is 17.2 Å². The van der Waals surface area contributed by atoms with Crippen molar-refractivity contribution in [2.45, 2.75) is 76.6 Å². The molecule has 2 aliphatic heterocycles. The van der Waals surface area contributed by atoms with Gasteiger partial charge in [0.1, 0.15) is 42.4 Å². The first-order valence-corrected chi connectivity index (χ1v) is 19.6. The van der Waals surface area contributed by atoms with Crippen LogP contribution in [-0.4, -0.2) is 95.8 Å². The fraction of sp³-hybridized carbons (Fsp3) is 0.465. The van der Waals surface area contributed by atoms with Crippen molar-refractivity contribution in [1.29, 1.82) is 5.26 Å². The molecule has 57 heavy (non-hydrogen) atoms. The number of aromatic nitrogens is 1. The van der Waals surface area contributed by atoms with E-state index in [2.05, 4.69) is 31.0 Å². The van der Waals surface area contributed by atoms with Gasteiger partial charge in [0.2, 0.25) is 0 Å². The third kappa shape index (κ3) is 10.2. The van der Waals surface area contributed by atoms with Gasteiger partial charge in [0.25, 0.3) is 0 Å². The number of ether oxygens (including phenoxy) is 4. The molecule has 3 aromatic rings. The number of hydrogen-bond acceptors (Lipinski definition) is 9. The second-order valence-electron chi connectivity index (χ2n) is 15.2. The quantitative estimate of drug-likeness (QED) is 0.151. The SMILES string of the molecule is CC1(C)C(c2ccccc2)=CC=CC1(COc1cc(OCc2cncc(C#N)c2)c(CN2CCCC[C@H]2C(=O)O)cc1Cl)OCCCN1CCOC(C(F)(F)F)C1. The Bertz CT molecular complexity index is 1970. The van der Waals surface area contributed by atoms with Crippen molar-refractivity contribution in [3.63, 3.8) is 0 Å². The van der Waals surface area contributed by atoms with E-state index in [1.165, 1.54) is 6.20 Å². The van der Waals surface area contributed by atoms with E-state index < -0.39 is 35.3 Å². The predicted molar refractivity (Wildman–Crippen MR) is 209 cm³/mol. The van der Waals surface area contributed by atoms with Gasteiger partial charge in [-0.3, -0.25) is 19.6 Å². The Morgan fingerprint density at radius 3 is 2.67 bits per heavy atom. The monoisotopic (exact) mass is 808 g/mol. The van der Waals surface area contributed by atoms with Crippen molar-refractivity contribution >= 4 is 23.1 Å². The number of carbonyl (C=O) groups is 1. The van der Waals surface area contributed by atoms with Gasteiger partial charge in [-0.1, -0.05) is 74.4 Å². The molecule has 1 aliphatic carbocycles. The zero-order valence-electron chi connectivity index (χ0n) is 32.1. The molecule has 3 atom stereocenters. The highest BCUT2D eigenvalue weighted by molar-refractivity contribution is 6.32. The first kappa shape index (κ1) is 42.2. The Morgan fingerprint density at radius 1 is 1.11 bits per heavy atom. The van der Waals surface area contributed by atoms with Crippen LogP contribution < -0.4 is 9.47 Å². The standard InChI is InChI=1S/C43H48ClF3N4O6/c1-41(2)34(32-10-4-3-5-11-32)12-8-14-42(41,57-18-9-15-50-17-19-54-39(27-50)43(45,46)47)29-56-38-22-37(55-28-31-20-30(23-48)24-49-25-31)33(21-35(38)44)26-51-16-7-6-13-36(51)40(52)53/h3-5,8,10-12,14,20-22,24-25,36,39H,6-7,9,13,15-19,26-29H2,1-2H3,(H,52,53)/t36-,39?,42?/m0/s1. The van der Waals surface area contributed by atoms with E-state index in [1.807, 2.05) is 47.4 Å². The number of nitriles is 1. The van der Waals surface area contributed by atoms with Gasteiger partial charge >= 0.3 is 12.1 Å². The van der Waals surface area contributed by atoms with Gasteiger partial charge in [0, 0.05) is 67.8 Å². The summed E-state index contributed by atoms with van der Waals surface area (Å²) in [6, 6.07) is 16.5. The van der Waals surface area contributed by atoms with Crippen molar-refractivity contribution in [3.8, 4) is 17.6 Å². The molecule has 10 nitrogen and oxygen atoms in total. The lowest BCUT2D eigenvalue weighted by atomic mass is 9.65. The summed E-state index contributed by atoms with van der Waals surface area (Å²) in [5.41, 5.74) is 2.07. The minimum absolute atomic E-state index is 0.0103. The average Bonchev–Trinajstić information content (AvgIpc) is 3.20. The van der Waals surface area contributed by atoms with E-state index in [1.54, 1.807) is 29.3 Å². The summed E-state index contributed by atoms with van der Waals surface area (Å²) < 4.78 is 64.9. The Balaban J connectivity index is 1.26. The number of allylic oxidation sites excluding steroid dienone is 2. The third-order valence-corrected chi connectivity index (χ3v) is 11.4. The number of benzene rings is 2. The van der Waals surface area contributed by atoms with E-state index >= 15 is 0 Å². The van der Waals surface area contributed by atoms with E-state index in [4.69, 9.17) is 30.5 Å². The molecule has 304 valence electrons. The molecular weight excluding hydrogens is 761 g/mol. The molecule has 0 radical (unpaired) electrons. The van der Waals surface area contributed by atoms with Crippen molar-refractivity contribution in [3.05, 3.63) is 106 Å². The number of rotatable bonds is 15. The number of carboxylic acids is 1.